The maximum absolute atomic E-state index is 11.8. The minimum absolute atomic E-state index is 0.349. The first-order chi connectivity index (χ1) is 19.2. The highest BCUT2D eigenvalue weighted by Gasteiger charge is 2.56. The highest BCUT2D eigenvalue weighted by molar-refractivity contribution is 5.83. The van der Waals surface area contributed by atoms with Crippen LogP contribution >= 0.6 is 0 Å². The summed E-state index contributed by atoms with van der Waals surface area (Å²) >= 11 is 0. The molecule has 6 rings (SSSR count). The molecule has 210 valence electrons. The van der Waals surface area contributed by atoms with Crippen molar-refractivity contribution in [3.8, 4) is 11.1 Å². The maximum atomic E-state index is 11.8. The number of rotatable bonds is 8. The lowest BCUT2D eigenvalue weighted by atomic mass is 9.78. The van der Waals surface area contributed by atoms with Gasteiger partial charge >= 0.3 is 0 Å². The fourth-order valence-corrected chi connectivity index (χ4v) is 6.70. The molecule has 40 heavy (non-hydrogen) atoms. The summed E-state index contributed by atoms with van der Waals surface area (Å²) in [5.74, 6) is -1.59. The van der Waals surface area contributed by atoms with Crippen molar-refractivity contribution in [2.75, 3.05) is 6.61 Å². The molecule has 2 aliphatic heterocycles. The molecule has 2 saturated heterocycles. The standard InChI is InChI=1S/C34H39NO5/c1-6-14-27(36)29(31-30(39-33(4,5)40-31)28-21-37-32(2,3)38-28)35-34(22-15-8-7-9-16-22)25-19-12-10-17-23(25)24-18-11-13-20-26(24)34/h6-13,15-20,27-31,35-36H,1,14,21H2,2-5H3/t27-,28+,29+,30+,31+/m0/s1. The Morgan fingerprint density at radius 3 is 2.02 bits per heavy atom. The van der Waals surface area contributed by atoms with Crippen LogP contribution in [0.3, 0.4) is 0 Å². The normalized spacial score (nSPS) is 27.1. The summed E-state index contributed by atoms with van der Waals surface area (Å²) in [5.41, 5.74) is 4.94. The van der Waals surface area contributed by atoms with Crippen LogP contribution < -0.4 is 5.32 Å². The van der Waals surface area contributed by atoms with Crippen molar-refractivity contribution in [2.24, 2.45) is 0 Å². The number of hydrogen-bond donors (Lipinski definition) is 2. The van der Waals surface area contributed by atoms with E-state index in [0.717, 1.165) is 16.7 Å². The highest BCUT2D eigenvalue weighted by Crippen LogP contribution is 2.52. The zero-order valence-electron chi connectivity index (χ0n) is 23.7. The van der Waals surface area contributed by atoms with Crippen molar-refractivity contribution in [2.45, 2.75) is 81.7 Å². The number of hydrogen-bond acceptors (Lipinski definition) is 6. The molecule has 0 amide bonds. The topological polar surface area (TPSA) is 69.2 Å². The first-order valence-electron chi connectivity index (χ1n) is 14.1. The molecule has 0 saturated carbocycles. The molecule has 3 aromatic rings. The summed E-state index contributed by atoms with van der Waals surface area (Å²) in [4.78, 5) is 0. The van der Waals surface area contributed by atoms with E-state index in [1.807, 2.05) is 33.8 Å². The molecule has 0 radical (unpaired) electrons. The molecule has 5 atom stereocenters. The van der Waals surface area contributed by atoms with E-state index in [0.29, 0.717) is 13.0 Å². The summed E-state index contributed by atoms with van der Waals surface area (Å²) in [7, 11) is 0. The predicted molar refractivity (Wildman–Crippen MR) is 155 cm³/mol. The molecule has 3 aromatic carbocycles. The molecule has 2 heterocycles. The van der Waals surface area contributed by atoms with Gasteiger partial charge in [-0.1, -0.05) is 84.9 Å². The summed E-state index contributed by atoms with van der Waals surface area (Å²) in [6.45, 7) is 11.9. The lowest BCUT2D eigenvalue weighted by Crippen LogP contribution is -2.61. The molecule has 2 fully saturated rings. The number of benzene rings is 3. The number of fused-ring (bicyclic) bond motifs is 3. The van der Waals surface area contributed by atoms with Crippen LogP contribution in [0.15, 0.2) is 91.5 Å². The summed E-state index contributed by atoms with van der Waals surface area (Å²) in [6, 6.07) is 26.9. The predicted octanol–water partition coefficient (Wildman–Crippen LogP) is 5.53. The molecule has 6 nitrogen and oxygen atoms in total. The van der Waals surface area contributed by atoms with Gasteiger partial charge in [0.25, 0.3) is 0 Å². The molecular weight excluding hydrogens is 502 g/mol. The van der Waals surface area contributed by atoms with Crippen LogP contribution in [0.5, 0.6) is 0 Å². The lowest BCUT2D eigenvalue weighted by molar-refractivity contribution is -0.175. The Kier molecular flexibility index (Phi) is 6.98. The van der Waals surface area contributed by atoms with Crippen molar-refractivity contribution < 1.29 is 24.1 Å². The Morgan fingerprint density at radius 1 is 0.850 bits per heavy atom. The first-order valence-corrected chi connectivity index (χ1v) is 14.1. The molecular formula is C34H39NO5. The van der Waals surface area contributed by atoms with Gasteiger partial charge in [0.1, 0.15) is 18.3 Å². The third-order valence-corrected chi connectivity index (χ3v) is 8.28. The van der Waals surface area contributed by atoms with Crippen LogP contribution in [0.25, 0.3) is 11.1 Å². The van der Waals surface area contributed by atoms with Crippen molar-refractivity contribution in [1.29, 1.82) is 0 Å². The minimum Gasteiger partial charge on any atom is -0.391 e. The second-order valence-electron chi connectivity index (χ2n) is 11.9. The maximum Gasteiger partial charge on any atom is 0.163 e. The van der Waals surface area contributed by atoms with Crippen LogP contribution in [0.4, 0.5) is 0 Å². The minimum atomic E-state index is -0.870. The molecule has 0 aromatic heterocycles. The van der Waals surface area contributed by atoms with Crippen molar-refractivity contribution >= 4 is 0 Å². The van der Waals surface area contributed by atoms with Crippen LogP contribution in [-0.2, 0) is 24.5 Å². The average Bonchev–Trinajstić information content (AvgIpc) is 3.57. The number of nitrogens with one attached hydrogen (secondary N) is 1. The molecule has 0 unspecified atom stereocenters. The third-order valence-electron chi connectivity index (χ3n) is 8.28. The molecule has 6 heteroatoms. The summed E-state index contributed by atoms with van der Waals surface area (Å²) < 4.78 is 25.3. The van der Waals surface area contributed by atoms with E-state index in [4.69, 9.17) is 18.9 Å². The Morgan fingerprint density at radius 2 is 1.45 bits per heavy atom. The quantitative estimate of drug-likeness (QED) is 0.366. The number of aliphatic hydroxyl groups excluding tert-OH is 1. The smallest absolute Gasteiger partial charge is 0.163 e. The van der Waals surface area contributed by atoms with Crippen molar-refractivity contribution in [1.82, 2.24) is 5.32 Å². The van der Waals surface area contributed by atoms with Crippen LogP contribution in [-0.4, -0.2) is 53.7 Å². The third kappa shape index (κ3) is 4.63. The van der Waals surface area contributed by atoms with Crippen molar-refractivity contribution in [3.05, 3.63) is 108 Å². The van der Waals surface area contributed by atoms with E-state index in [-0.39, 0.29) is 6.10 Å². The van der Waals surface area contributed by atoms with Gasteiger partial charge in [-0.3, -0.25) is 5.32 Å². The van der Waals surface area contributed by atoms with Crippen LogP contribution in [0.2, 0.25) is 0 Å². The van der Waals surface area contributed by atoms with Gasteiger partial charge in [0, 0.05) is 0 Å². The van der Waals surface area contributed by atoms with E-state index < -0.39 is 41.5 Å². The highest BCUT2D eigenvalue weighted by atomic mass is 16.8. The molecule has 0 spiro atoms. The monoisotopic (exact) mass is 541 g/mol. The fourth-order valence-electron chi connectivity index (χ4n) is 6.70. The van der Waals surface area contributed by atoms with Gasteiger partial charge in [-0.2, -0.15) is 0 Å². The van der Waals surface area contributed by atoms with Gasteiger partial charge in [-0.25, -0.2) is 0 Å². The Bertz CT molecular complexity index is 1320. The SMILES string of the molecule is C=CC[C@H](O)[C@@H](NC1(c2ccccc2)c2ccccc2-c2ccccc21)[C@H]1OC(C)(C)O[C@@H]1[C@H]1COC(C)(C)O1. The largest absolute Gasteiger partial charge is 0.391 e. The Balaban J connectivity index is 1.51. The lowest BCUT2D eigenvalue weighted by Gasteiger charge is -2.42. The fraction of sp³-hybridized carbons (Fsp3) is 0.412. The van der Waals surface area contributed by atoms with Gasteiger partial charge < -0.3 is 24.1 Å². The van der Waals surface area contributed by atoms with Crippen molar-refractivity contribution in [3.63, 3.8) is 0 Å². The second-order valence-corrected chi connectivity index (χ2v) is 11.9. The first kappa shape index (κ1) is 27.3. The van der Waals surface area contributed by atoms with E-state index >= 15 is 0 Å². The Labute approximate surface area is 236 Å². The molecule has 1 aliphatic carbocycles. The van der Waals surface area contributed by atoms with E-state index in [2.05, 4.69) is 84.7 Å². The van der Waals surface area contributed by atoms with Gasteiger partial charge in [0.15, 0.2) is 11.6 Å². The van der Waals surface area contributed by atoms with E-state index in [1.54, 1.807) is 6.08 Å². The van der Waals surface area contributed by atoms with Crippen LogP contribution in [0, 0.1) is 0 Å². The summed E-state index contributed by atoms with van der Waals surface area (Å²) in [5, 5.41) is 15.8. The summed E-state index contributed by atoms with van der Waals surface area (Å²) in [6.07, 6.45) is -0.0244. The van der Waals surface area contributed by atoms with Gasteiger partial charge in [-0.15, -0.1) is 6.58 Å². The zero-order chi connectivity index (χ0) is 28.1. The zero-order valence-corrected chi connectivity index (χ0v) is 23.7. The van der Waals surface area contributed by atoms with E-state index in [1.165, 1.54) is 11.1 Å². The van der Waals surface area contributed by atoms with Crippen LogP contribution in [0.1, 0.15) is 50.8 Å². The van der Waals surface area contributed by atoms with Gasteiger partial charge in [0.2, 0.25) is 0 Å². The number of ether oxygens (including phenoxy) is 4. The van der Waals surface area contributed by atoms with Gasteiger partial charge in [0.05, 0.1) is 24.3 Å². The average molecular weight is 542 g/mol. The number of aliphatic hydroxyl groups is 1. The molecule has 3 aliphatic rings. The molecule has 0 bridgehead atoms. The Hall–Kier alpha value is -2.84. The second kappa shape index (κ2) is 10.2. The molecule has 2 N–H and O–H groups in total. The van der Waals surface area contributed by atoms with E-state index in [9.17, 15) is 5.11 Å². The van der Waals surface area contributed by atoms with Gasteiger partial charge in [-0.05, 0) is 61.9 Å².